The monoisotopic (exact) mass is 332 g/mol. The molecule has 1 saturated heterocycles. The number of nitrogens with two attached hydrogens (primary N) is 1. The standard InChI is InChI=1S/C15H21FN2OS.ClH/c1-15(2)10-18(8-7-13(15)17)14(19)9-20-12-5-3-11(16)4-6-12;/h3-6,13H,7-10,17H2,1-2H3;1H. The van der Waals surface area contributed by atoms with Crippen LogP contribution < -0.4 is 5.73 Å². The maximum Gasteiger partial charge on any atom is 0.232 e. The Morgan fingerprint density at radius 1 is 1.43 bits per heavy atom. The first-order valence-corrected chi connectivity index (χ1v) is 7.79. The van der Waals surface area contributed by atoms with Crippen LogP contribution in [0.2, 0.25) is 0 Å². The molecule has 1 amide bonds. The molecule has 3 nitrogen and oxygen atoms in total. The summed E-state index contributed by atoms with van der Waals surface area (Å²) in [4.78, 5) is 15.0. The van der Waals surface area contributed by atoms with Crippen molar-refractivity contribution in [3.05, 3.63) is 30.1 Å². The van der Waals surface area contributed by atoms with Crippen molar-refractivity contribution in [1.29, 1.82) is 0 Å². The van der Waals surface area contributed by atoms with Crippen molar-refractivity contribution in [3.63, 3.8) is 0 Å². The number of carbonyl (C=O) groups excluding carboxylic acids is 1. The summed E-state index contributed by atoms with van der Waals surface area (Å²) in [5.74, 6) is 0.253. The second-order valence-corrected chi connectivity index (χ2v) is 6.99. The Bertz CT molecular complexity index is 481. The van der Waals surface area contributed by atoms with Crippen molar-refractivity contribution < 1.29 is 9.18 Å². The topological polar surface area (TPSA) is 46.3 Å². The lowest BCUT2D eigenvalue weighted by atomic mass is 9.80. The van der Waals surface area contributed by atoms with E-state index in [0.29, 0.717) is 12.3 Å². The van der Waals surface area contributed by atoms with E-state index in [4.69, 9.17) is 5.73 Å². The van der Waals surface area contributed by atoms with Gasteiger partial charge in [-0.1, -0.05) is 13.8 Å². The molecule has 1 heterocycles. The molecule has 2 N–H and O–H groups in total. The number of amides is 1. The van der Waals surface area contributed by atoms with E-state index in [2.05, 4.69) is 13.8 Å². The van der Waals surface area contributed by atoms with Crippen molar-refractivity contribution in [2.24, 2.45) is 11.1 Å². The number of halogens is 2. The molecule has 0 radical (unpaired) electrons. The quantitative estimate of drug-likeness (QED) is 0.866. The van der Waals surface area contributed by atoms with Crippen LogP contribution in [0.1, 0.15) is 20.3 Å². The highest BCUT2D eigenvalue weighted by atomic mass is 35.5. The summed E-state index contributed by atoms with van der Waals surface area (Å²) in [6.45, 7) is 5.64. The molecule has 1 aromatic carbocycles. The molecular weight excluding hydrogens is 311 g/mol. The summed E-state index contributed by atoms with van der Waals surface area (Å²) in [5.41, 5.74) is 6.04. The van der Waals surface area contributed by atoms with Gasteiger partial charge in [-0.25, -0.2) is 4.39 Å². The lowest BCUT2D eigenvalue weighted by Gasteiger charge is -2.42. The fraction of sp³-hybridized carbons (Fsp3) is 0.533. The van der Waals surface area contributed by atoms with Crippen molar-refractivity contribution in [1.82, 2.24) is 4.90 Å². The van der Waals surface area contributed by atoms with E-state index in [1.165, 1.54) is 23.9 Å². The van der Waals surface area contributed by atoms with Gasteiger partial charge in [-0.05, 0) is 36.1 Å². The zero-order valence-corrected chi connectivity index (χ0v) is 14.0. The van der Waals surface area contributed by atoms with Gasteiger partial charge in [-0.2, -0.15) is 0 Å². The molecule has 1 atom stereocenters. The summed E-state index contributed by atoms with van der Waals surface area (Å²) in [6, 6.07) is 6.37. The number of hydrogen-bond donors (Lipinski definition) is 1. The van der Waals surface area contributed by atoms with Crippen molar-refractivity contribution >= 4 is 30.1 Å². The largest absolute Gasteiger partial charge is 0.341 e. The molecule has 1 aromatic rings. The van der Waals surface area contributed by atoms with Gasteiger partial charge < -0.3 is 10.6 Å². The molecule has 1 aliphatic heterocycles. The molecule has 0 aliphatic carbocycles. The maximum absolute atomic E-state index is 12.8. The highest BCUT2D eigenvalue weighted by Gasteiger charge is 2.35. The zero-order chi connectivity index (χ0) is 14.8. The van der Waals surface area contributed by atoms with Crippen LogP contribution in [-0.2, 0) is 4.79 Å². The molecule has 118 valence electrons. The number of likely N-dealkylation sites (tertiary alicyclic amines) is 1. The molecule has 21 heavy (non-hydrogen) atoms. The number of rotatable bonds is 3. The normalized spacial score (nSPS) is 20.8. The van der Waals surface area contributed by atoms with Crippen LogP contribution in [0, 0.1) is 11.2 Å². The van der Waals surface area contributed by atoms with Gasteiger partial charge in [0.2, 0.25) is 5.91 Å². The number of piperidine rings is 1. The number of nitrogens with zero attached hydrogens (tertiary/aromatic N) is 1. The first-order valence-electron chi connectivity index (χ1n) is 6.80. The Hall–Kier alpha value is -0.780. The number of hydrogen-bond acceptors (Lipinski definition) is 3. The van der Waals surface area contributed by atoms with Crippen LogP contribution in [0.25, 0.3) is 0 Å². The molecule has 0 spiro atoms. The number of carbonyl (C=O) groups is 1. The highest BCUT2D eigenvalue weighted by molar-refractivity contribution is 8.00. The van der Waals surface area contributed by atoms with Gasteiger partial charge in [0.15, 0.2) is 0 Å². The maximum atomic E-state index is 12.8. The van der Waals surface area contributed by atoms with Crippen LogP contribution in [-0.4, -0.2) is 35.7 Å². The zero-order valence-electron chi connectivity index (χ0n) is 12.3. The Labute approximate surface area is 135 Å². The van der Waals surface area contributed by atoms with Crippen LogP contribution >= 0.6 is 24.2 Å². The van der Waals surface area contributed by atoms with Crippen LogP contribution in [0.15, 0.2) is 29.2 Å². The second kappa shape index (κ2) is 7.47. The Morgan fingerprint density at radius 2 is 2.05 bits per heavy atom. The fourth-order valence-electron chi connectivity index (χ4n) is 2.35. The van der Waals surface area contributed by atoms with Gasteiger partial charge in [0.1, 0.15) is 5.82 Å². The van der Waals surface area contributed by atoms with Gasteiger partial charge in [0.05, 0.1) is 5.75 Å². The van der Waals surface area contributed by atoms with Gasteiger partial charge in [0, 0.05) is 24.0 Å². The number of thioether (sulfide) groups is 1. The van der Waals surface area contributed by atoms with Gasteiger partial charge in [0.25, 0.3) is 0 Å². The third kappa shape index (κ3) is 4.87. The molecule has 6 heteroatoms. The first-order chi connectivity index (χ1) is 9.38. The Balaban J connectivity index is 0.00000220. The molecule has 1 aliphatic rings. The summed E-state index contributed by atoms with van der Waals surface area (Å²) >= 11 is 1.44. The smallest absolute Gasteiger partial charge is 0.232 e. The summed E-state index contributed by atoms with van der Waals surface area (Å²) in [5, 5.41) is 0. The lowest BCUT2D eigenvalue weighted by Crippen LogP contribution is -2.54. The van der Waals surface area contributed by atoms with Crippen LogP contribution in [0.3, 0.4) is 0 Å². The average molecular weight is 333 g/mol. The van der Waals surface area contributed by atoms with Crippen molar-refractivity contribution in [2.75, 3.05) is 18.8 Å². The average Bonchev–Trinajstić information content (AvgIpc) is 2.41. The molecular formula is C15H22ClFN2OS. The molecule has 0 bridgehead atoms. The minimum atomic E-state index is -0.257. The molecule has 0 saturated carbocycles. The van der Waals surface area contributed by atoms with E-state index >= 15 is 0 Å². The van der Waals surface area contributed by atoms with E-state index in [1.54, 1.807) is 12.1 Å². The SMILES string of the molecule is CC1(C)CN(C(=O)CSc2ccc(F)cc2)CCC1N.Cl. The summed E-state index contributed by atoms with van der Waals surface area (Å²) in [7, 11) is 0. The van der Waals surface area contributed by atoms with Crippen LogP contribution in [0.5, 0.6) is 0 Å². The Morgan fingerprint density at radius 3 is 2.62 bits per heavy atom. The molecule has 1 fully saturated rings. The van der Waals surface area contributed by atoms with E-state index < -0.39 is 0 Å². The lowest BCUT2D eigenvalue weighted by molar-refractivity contribution is -0.131. The minimum absolute atomic E-state index is 0. The predicted molar refractivity (Wildman–Crippen MR) is 87.3 cm³/mol. The van der Waals surface area contributed by atoms with Crippen molar-refractivity contribution in [3.8, 4) is 0 Å². The molecule has 1 unspecified atom stereocenters. The number of benzene rings is 1. The summed E-state index contributed by atoms with van der Waals surface area (Å²) in [6.07, 6.45) is 0.847. The van der Waals surface area contributed by atoms with Crippen molar-refractivity contribution in [2.45, 2.75) is 31.2 Å². The van der Waals surface area contributed by atoms with Gasteiger partial charge in [-0.3, -0.25) is 4.79 Å². The third-order valence-corrected chi connectivity index (χ3v) is 4.84. The molecule has 0 aromatic heterocycles. The first kappa shape index (κ1) is 18.3. The molecule has 2 rings (SSSR count). The Kier molecular flexibility index (Phi) is 6.50. The summed E-state index contributed by atoms with van der Waals surface area (Å²) < 4.78 is 12.8. The van der Waals surface area contributed by atoms with Gasteiger partial charge >= 0.3 is 0 Å². The highest BCUT2D eigenvalue weighted by Crippen LogP contribution is 2.28. The van der Waals surface area contributed by atoms with Crippen LogP contribution in [0.4, 0.5) is 4.39 Å². The van der Waals surface area contributed by atoms with E-state index in [0.717, 1.165) is 17.9 Å². The second-order valence-electron chi connectivity index (χ2n) is 5.94. The third-order valence-electron chi connectivity index (χ3n) is 3.84. The van der Waals surface area contributed by atoms with E-state index in [1.807, 2.05) is 4.90 Å². The van der Waals surface area contributed by atoms with Gasteiger partial charge in [-0.15, -0.1) is 24.2 Å². The van der Waals surface area contributed by atoms with E-state index in [9.17, 15) is 9.18 Å². The predicted octanol–water partition coefficient (Wildman–Crippen LogP) is 2.93. The fourth-order valence-corrected chi connectivity index (χ4v) is 3.16. The van der Waals surface area contributed by atoms with E-state index in [-0.39, 0.29) is 35.6 Å². The minimum Gasteiger partial charge on any atom is -0.341 e.